The number of hydrogen-bond acceptors (Lipinski definition) is 4. The Hall–Kier alpha value is -2.30. The van der Waals surface area contributed by atoms with Crippen molar-refractivity contribution in [2.45, 2.75) is 19.4 Å². The summed E-state index contributed by atoms with van der Waals surface area (Å²) in [6, 6.07) is 6.83. The van der Waals surface area contributed by atoms with E-state index in [1.165, 1.54) is 0 Å². The van der Waals surface area contributed by atoms with Crippen molar-refractivity contribution in [1.29, 1.82) is 5.26 Å². The van der Waals surface area contributed by atoms with Gasteiger partial charge >= 0.3 is 6.03 Å². The smallest absolute Gasteiger partial charge is 0.317 e. The van der Waals surface area contributed by atoms with Gasteiger partial charge in [-0.3, -0.25) is 4.79 Å². The van der Waals surface area contributed by atoms with Crippen molar-refractivity contribution in [3.05, 3.63) is 34.3 Å². The maximum absolute atomic E-state index is 12.3. The number of rotatable bonds is 5. The molecule has 4 N–H and O–H groups in total. The molecule has 1 heterocycles. The van der Waals surface area contributed by atoms with Crippen molar-refractivity contribution in [2.24, 2.45) is 11.7 Å². The molecule has 1 unspecified atom stereocenters. The monoisotopic (exact) mass is 363 g/mol. The summed E-state index contributed by atoms with van der Waals surface area (Å²) in [5.74, 6) is -0.253. The number of hydrogen-bond donors (Lipinski definition) is 3. The van der Waals surface area contributed by atoms with Crippen LogP contribution < -0.4 is 16.4 Å². The van der Waals surface area contributed by atoms with Crippen molar-refractivity contribution in [3.8, 4) is 6.07 Å². The molecule has 0 aliphatic carbocycles. The van der Waals surface area contributed by atoms with Crippen LogP contribution in [0.25, 0.3) is 0 Å². The van der Waals surface area contributed by atoms with Gasteiger partial charge in [-0.05, 0) is 30.5 Å². The largest absolute Gasteiger partial charge is 0.355 e. The summed E-state index contributed by atoms with van der Waals surface area (Å²) >= 11 is 5.99. The normalized spacial score (nSPS) is 16.8. The fourth-order valence-corrected chi connectivity index (χ4v) is 3.01. The number of nitriles is 1. The lowest BCUT2D eigenvalue weighted by atomic mass is 9.97. The minimum absolute atomic E-state index is 0.0539. The van der Waals surface area contributed by atoms with E-state index in [0.29, 0.717) is 43.3 Å². The van der Waals surface area contributed by atoms with Gasteiger partial charge in [0.2, 0.25) is 5.91 Å². The number of likely N-dealkylation sites (tertiary alicyclic amines) is 1. The van der Waals surface area contributed by atoms with Crippen LogP contribution in [-0.2, 0) is 11.3 Å². The molecular formula is C17H22ClN5O2. The third-order valence-electron chi connectivity index (χ3n) is 4.12. The number of nitrogens with zero attached hydrogens (tertiary/aromatic N) is 2. The first kappa shape index (κ1) is 19.0. The molecule has 3 amide bonds. The standard InChI is InChI=1S/C17H22ClN5O2/c18-15-8-12(3-4-13(15)9-20)10-22-17(25)23-7-1-2-14(11-23)16(24)21-6-5-19/h3-4,8,14H,1-2,5-7,10-11,19H2,(H,21,24)(H,22,25). The van der Waals surface area contributed by atoms with Gasteiger partial charge < -0.3 is 21.3 Å². The molecule has 1 aliphatic rings. The average molecular weight is 364 g/mol. The fraction of sp³-hybridized carbons (Fsp3) is 0.471. The van der Waals surface area contributed by atoms with Gasteiger partial charge in [-0.1, -0.05) is 17.7 Å². The summed E-state index contributed by atoms with van der Waals surface area (Å²) in [7, 11) is 0. The minimum Gasteiger partial charge on any atom is -0.355 e. The molecule has 134 valence electrons. The quantitative estimate of drug-likeness (QED) is 0.729. The molecule has 1 atom stereocenters. The molecule has 1 aliphatic heterocycles. The number of carbonyl (C=O) groups excluding carboxylic acids is 2. The Labute approximate surface area is 152 Å². The summed E-state index contributed by atoms with van der Waals surface area (Å²) in [5.41, 5.74) is 6.60. The summed E-state index contributed by atoms with van der Waals surface area (Å²) in [4.78, 5) is 26.0. The van der Waals surface area contributed by atoms with Crippen molar-refractivity contribution in [1.82, 2.24) is 15.5 Å². The van der Waals surface area contributed by atoms with Crippen LogP contribution in [0.3, 0.4) is 0 Å². The van der Waals surface area contributed by atoms with E-state index in [1.807, 2.05) is 6.07 Å². The first-order valence-corrected chi connectivity index (χ1v) is 8.62. The van der Waals surface area contributed by atoms with Gasteiger partial charge in [0, 0.05) is 32.7 Å². The summed E-state index contributed by atoms with van der Waals surface area (Å²) < 4.78 is 0. The second-order valence-electron chi connectivity index (χ2n) is 5.95. The van der Waals surface area contributed by atoms with Crippen LogP contribution in [0.5, 0.6) is 0 Å². The molecular weight excluding hydrogens is 342 g/mol. The molecule has 8 heteroatoms. The van der Waals surface area contributed by atoms with E-state index in [4.69, 9.17) is 22.6 Å². The van der Waals surface area contributed by atoms with Gasteiger partial charge in [0.15, 0.2) is 0 Å². The molecule has 0 aromatic heterocycles. The van der Waals surface area contributed by atoms with Gasteiger partial charge in [0.25, 0.3) is 0 Å². The highest BCUT2D eigenvalue weighted by atomic mass is 35.5. The lowest BCUT2D eigenvalue weighted by Gasteiger charge is -2.32. The van der Waals surface area contributed by atoms with Crippen molar-refractivity contribution >= 4 is 23.5 Å². The first-order chi connectivity index (χ1) is 12.0. The molecule has 1 aromatic carbocycles. The first-order valence-electron chi connectivity index (χ1n) is 8.24. The molecule has 7 nitrogen and oxygen atoms in total. The number of nitrogens with one attached hydrogen (secondary N) is 2. The molecule has 25 heavy (non-hydrogen) atoms. The number of piperidine rings is 1. The number of benzene rings is 1. The van der Waals surface area contributed by atoms with E-state index in [0.717, 1.165) is 18.4 Å². The highest BCUT2D eigenvalue weighted by Gasteiger charge is 2.28. The van der Waals surface area contributed by atoms with E-state index in [1.54, 1.807) is 23.1 Å². The van der Waals surface area contributed by atoms with E-state index in [-0.39, 0.29) is 17.9 Å². The Kier molecular flexibility index (Phi) is 7.04. The Bertz CT molecular complexity index is 673. The van der Waals surface area contributed by atoms with Crippen molar-refractivity contribution in [3.63, 3.8) is 0 Å². The number of amides is 3. The highest BCUT2D eigenvalue weighted by molar-refractivity contribution is 6.31. The lowest BCUT2D eigenvalue weighted by Crippen LogP contribution is -2.49. The minimum atomic E-state index is -0.211. The number of carbonyl (C=O) groups is 2. The lowest BCUT2D eigenvalue weighted by molar-refractivity contribution is -0.126. The van der Waals surface area contributed by atoms with Crippen LogP contribution >= 0.6 is 11.6 Å². The van der Waals surface area contributed by atoms with Crippen LogP contribution in [0.1, 0.15) is 24.0 Å². The average Bonchev–Trinajstić information content (AvgIpc) is 2.64. The molecule has 1 fully saturated rings. The van der Waals surface area contributed by atoms with E-state index >= 15 is 0 Å². The predicted molar refractivity (Wildman–Crippen MR) is 94.8 cm³/mol. The Balaban J connectivity index is 1.87. The number of nitrogens with two attached hydrogens (primary N) is 1. The summed E-state index contributed by atoms with van der Waals surface area (Å²) in [6.07, 6.45) is 1.56. The van der Waals surface area contributed by atoms with Gasteiger partial charge in [-0.2, -0.15) is 5.26 Å². The Morgan fingerprint density at radius 1 is 1.40 bits per heavy atom. The van der Waals surface area contributed by atoms with Gasteiger partial charge in [-0.15, -0.1) is 0 Å². The van der Waals surface area contributed by atoms with Gasteiger partial charge in [0.05, 0.1) is 16.5 Å². The van der Waals surface area contributed by atoms with Gasteiger partial charge in [0.1, 0.15) is 6.07 Å². The molecule has 1 saturated heterocycles. The van der Waals surface area contributed by atoms with Gasteiger partial charge in [-0.25, -0.2) is 4.79 Å². The topological polar surface area (TPSA) is 111 Å². The summed E-state index contributed by atoms with van der Waals surface area (Å²) in [6.45, 7) is 2.18. The molecule has 0 bridgehead atoms. The highest BCUT2D eigenvalue weighted by Crippen LogP contribution is 2.18. The Morgan fingerprint density at radius 2 is 2.20 bits per heavy atom. The molecule has 1 aromatic rings. The SMILES string of the molecule is N#Cc1ccc(CNC(=O)N2CCCC(C(=O)NCCN)C2)cc1Cl. The number of urea groups is 1. The third-order valence-corrected chi connectivity index (χ3v) is 4.43. The third kappa shape index (κ3) is 5.34. The fourth-order valence-electron chi connectivity index (χ4n) is 2.76. The molecule has 2 rings (SSSR count). The zero-order valence-corrected chi connectivity index (χ0v) is 14.7. The second kappa shape index (κ2) is 9.25. The van der Waals surface area contributed by atoms with Crippen molar-refractivity contribution < 1.29 is 9.59 Å². The molecule has 0 saturated carbocycles. The van der Waals surface area contributed by atoms with E-state index in [2.05, 4.69) is 10.6 Å². The van der Waals surface area contributed by atoms with E-state index < -0.39 is 0 Å². The van der Waals surface area contributed by atoms with Crippen LogP contribution in [0.15, 0.2) is 18.2 Å². The molecule has 0 radical (unpaired) electrons. The van der Waals surface area contributed by atoms with E-state index in [9.17, 15) is 9.59 Å². The predicted octanol–water partition coefficient (Wildman–Crippen LogP) is 1.21. The maximum Gasteiger partial charge on any atom is 0.317 e. The summed E-state index contributed by atoms with van der Waals surface area (Å²) in [5, 5.41) is 14.8. The maximum atomic E-state index is 12.3. The zero-order valence-electron chi connectivity index (χ0n) is 13.9. The second-order valence-corrected chi connectivity index (χ2v) is 6.36. The van der Waals surface area contributed by atoms with Crippen molar-refractivity contribution in [2.75, 3.05) is 26.2 Å². The van der Waals surface area contributed by atoms with Crippen LogP contribution in [-0.4, -0.2) is 43.0 Å². The molecule has 0 spiro atoms. The van der Waals surface area contributed by atoms with Crippen LogP contribution in [0, 0.1) is 17.2 Å². The van der Waals surface area contributed by atoms with Crippen LogP contribution in [0.2, 0.25) is 5.02 Å². The number of halogens is 1. The zero-order chi connectivity index (χ0) is 18.2. The Morgan fingerprint density at radius 3 is 2.88 bits per heavy atom. The van der Waals surface area contributed by atoms with Crippen LogP contribution in [0.4, 0.5) is 4.79 Å².